The molecule has 0 aliphatic carbocycles. The Morgan fingerprint density at radius 2 is 1.83 bits per heavy atom. The molecule has 3 heterocycles. The highest BCUT2D eigenvalue weighted by atomic mass is 32.1. The Morgan fingerprint density at radius 3 is 2.52 bits per heavy atom. The number of aromatic nitrogens is 1. The van der Waals surface area contributed by atoms with E-state index in [1.807, 2.05) is 40.6 Å². The average molecular weight is 327 g/mol. The number of hydrogen-bond acceptors (Lipinski definition) is 4. The van der Waals surface area contributed by atoms with Crippen molar-refractivity contribution in [3.05, 3.63) is 41.4 Å². The lowest BCUT2D eigenvalue weighted by Crippen LogP contribution is -2.33. The summed E-state index contributed by atoms with van der Waals surface area (Å²) in [5, 5.41) is 6.30. The van der Waals surface area contributed by atoms with Crippen LogP contribution in [0, 0.1) is 11.8 Å². The van der Waals surface area contributed by atoms with Gasteiger partial charge in [-0.15, -0.1) is 11.3 Å². The maximum Gasteiger partial charge on any atom is 0.273 e. The molecule has 1 aromatic carbocycles. The second kappa shape index (κ2) is 6.42. The molecule has 23 heavy (non-hydrogen) atoms. The molecule has 0 radical (unpaired) electrons. The molecule has 2 atom stereocenters. The summed E-state index contributed by atoms with van der Waals surface area (Å²) < 4.78 is 0. The molecular weight excluding hydrogens is 306 g/mol. The van der Waals surface area contributed by atoms with Gasteiger partial charge in [0.1, 0.15) is 10.7 Å². The van der Waals surface area contributed by atoms with Crippen molar-refractivity contribution < 1.29 is 4.79 Å². The Labute approximate surface area is 140 Å². The van der Waals surface area contributed by atoms with Crippen molar-refractivity contribution in [2.75, 3.05) is 26.2 Å². The second-order valence-electron chi connectivity index (χ2n) is 6.45. The lowest BCUT2D eigenvalue weighted by Gasteiger charge is -2.19. The van der Waals surface area contributed by atoms with Crippen LogP contribution < -0.4 is 5.32 Å². The van der Waals surface area contributed by atoms with E-state index < -0.39 is 0 Å². The quantitative estimate of drug-likeness (QED) is 0.922. The fourth-order valence-corrected chi connectivity index (χ4v) is 4.47. The third-order valence-corrected chi connectivity index (χ3v) is 5.94. The summed E-state index contributed by atoms with van der Waals surface area (Å²) in [5.41, 5.74) is 1.67. The van der Waals surface area contributed by atoms with Crippen LogP contribution in [0.4, 0.5) is 0 Å². The number of hydrogen-bond donors (Lipinski definition) is 1. The van der Waals surface area contributed by atoms with Crippen LogP contribution in [-0.4, -0.2) is 42.0 Å². The Hall–Kier alpha value is -1.72. The minimum absolute atomic E-state index is 0.0939. The number of nitrogens with one attached hydrogen (secondary N) is 1. The van der Waals surface area contributed by atoms with Crippen LogP contribution in [0.25, 0.3) is 10.6 Å². The van der Waals surface area contributed by atoms with Gasteiger partial charge in [0, 0.05) is 24.0 Å². The van der Waals surface area contributed by atoms with Crippen LogP contribution in [0.5, 0.6) is 0 Å². The lowest BCUT2D eigenvalue weighted by atomic mass is 9.92. The Bertz CT molecular complexity index is 671. The van der Waals surface area contributed by atoms with E-state index in [1.165, 1.54) is 0 Å². The van der Waals surface area contributed by atoms with Crippen molar-refractivity contribution in [1.29, 1.82) is 0 Å². The summed E-state index contributed by atoms with van der Waals surface area (Å²) in [4.78, 5) is 19.3. The van der Waals surface area contributed by atoms with Gasteiger partial charge in [0.15, 0.2) is 0 Å². The smallest absolute Gasteiger partial charge is 0.273 e. The Balaban J connectivity index is 1.48. The van der Waals surface area contributed by atoms with Gasteiger partial charge in [0.05, 0.1) is 0 Å². The van der Waals surface area contributed by atoms with E-state index >= 15 is 0 Å². The summed E-state index contributed by atoms with van der Waals surface area (Å²) >= 11 is 1.55. The summed E-state index contributed by atoms with van der Waals surface area (Å²) in [6, 6.07) is 10.1. The van der Waals surface area contributed by atoms with Gasteiger partial charge in [-0.1, -0.05) is 30.3 Å². The van der Waals surface area contributed by atoms with Crippen LogP contribution >= 0.6 is 11.3 Å². The fraction of sp³-hybridized carbons (Fsp3) is 0.444. The highest BCUT2D eigenvalue weighted by molar-refractivity contribution is 7.13. The zero-order chi connectivity index (χ0) is 15.6. The molecule has 2 aliphatic heterocycles. The maximum absolute atomic E-state index is 12.8. The number of nitrogens with zero attached hydrogens (tertiary/aromatic N) is 2. The van der Waals surface area contributed by atoms with Crippen LogP contribution in [0.2, 0.25) is 0 Å². The van der Waals surface area contributed by atoms with Crippen molar-refractivity contribution in [3.8, 4) is 10.6 Å². The molecule has 2 fully saturated rings. The lowest BCUT2D eigenvalue weighted by molar-refractivity contribution is 0.0753. The number of benzene rings is 1. The standard InChI is InChI=1S/C18H21N3OS/c22-18(21-8-6-14-10-19-11-15(14)7-9-21)16-12-23-17(20-16)13-4-2-1-3-5-13/h1-5,12,14-15,19H,6-11H2/t14-,15+. The molecule has 4 rings (SSSR count). The van der Waals surface area contributed by atoms with E-state index in [9.17, 15) is 4.79 Å². The first-order valence-corrected chi connectivity index (χ1v) is 9.20. The third-order valence-electron chi connectivity index (χ3n) is 5.05. The Morgan fingerprint density at radius 1 is 1.13 bits per heavy atom. The number of likely N-dealkylation sites (tertiary alicyclic amines) is 1. The van der Waals surface area contributed by atoms with Gasteiger partial charge in [-0.3, -0.25) is 4.79 Å². The topological polar surface area (TPSA) is 45.2 Å². The van der Waals surface area contributed by atoms with Gasteiger partial charge >= 0.3 is 0 Å². The number of rotatable bonds is 2. The van der Waals surface area contributed by atoms with Crippen molar-refractivity contribution in [2.24, 2.45) is 11.8 Å². The molecule has 4 nitrogen and oxygen atoms in total. The number of carbonyl (C=O) groups is 1. The summed E-state index contributed by atoms with van der Waals surface area (Å²) in [5.74, 6) is 1.57. The molecule has 1 N–H and O–H groups in total. The van der Waals surface area contributed by atoms with Crippen molar-refractivity contribution >= 4 is 17.2 Å². The normalized spacial score (nSPS) is 24.3. The van der Waals surface area contributed by atoms with Crippen LogP contribution in [-0.2, 0) is 0 Å². The van der Waals surface area contributed by atoms with Crippen molar-refractivity contribution in [3.63, 3.8) is 0 Å². The first-order chi connectivity index (χ1) is 11.3. The van der Waals surface area contributed by atoms with E-state index in [0.717, 1.165) is 61.4 Å². The van der Waals surface area contributed by atoms with Gasteiger partial charge in [-0.2, -0.15) is 0 Å². The molecule has 0 saturated carbocycles. The molecule has 2 saturated heterocycles. The predicted octanol–water partition coefficient (Wildman–Crippen LogP) is 2.88. The van der Waals surface area contributed by atoms with E-state index in [0.29, 0.717) is 5.69 Å². The summed E-state index contributed by atoms with van der Waals surface area (Å²) in [6.07, 6.45) is 2.22. The van der Waals surface area contributed by atoms with Gasteiger partial charge in [-0.05, 0) is 37.8 Å². The first-order valence-electron chi connectivity index (χ1n) is 8.32. The molecular formula is C18H21N3OS. The Kier molecular flexibility index (Phi) is 4.14. The summed E-state index contributed by atoms with van der Waals surface area (Å²) in [7, 11) is 0. The molecule has 5 heteroatoms. The minimum Gasteiger partial charge on any atom is -0.337 e. The monoisotopic (exact) mass is 327 g/mol. The van der Waals surface area contributed by atoms with Gasteiger partial charge in [0.25, 0.3) is 5.91 Å². The highest BCUT2D eigenvalue weighted by Crippen LogP contribution is 2.28. The number of amides is 1. The fourth-order valence-electron chi connectivity index (χ4n) is 3.67. The SMILES string of the molecule is O=C(c1csc(-c2ccccc2)n1)N1CC[C@@H]2CNC[C@@H]2CC1. The van der Waals surface area contributed by atoms with E-state index in [2.05, 4.69) is 10.3 Å². The molecule has 0 bridgehead atoms. The van der Waals surface area contributed by atoms with E-state index in [-0.39, 0.29) is 5.91 Å². The number of thiazole rings is 1. The largest absolute Gasteiger partial charge is 0.337 e. The van der Waals surface area contributed by atoms with Gasteiger partial charge in [0.2, 0.25) is 0 Å². The maximum atomic E-state index is 12.8. The zero-order valence-electron chi connectivity index (χ0n) is 13.1. The van der Waals surface area contributed by atoms with Crippen molar-refractivity contribution in [2.45, 2.75) is 12.8 Å². The minimum atomic E-state index is 0.0939. The molecule has 120 valence electrons. The third kappa shape index (κ3) is 3.03. The predicted molar refractivity (Wildman–Crippen MR) is 92.5 cm³/mol. The number of carbonyl (C=O) groups excluding carboxylic acids is 1. The van der Waals surface area contributed by atoms with Crippen LogP contribution in [0.1, 0.15) is 23.3 Å². The van der Waals surface area contributed by atoms with Crippen LogP contribution in [0.15, 0.2) is 35.7 Å². The van der Waals surface area contributed by atoms with Gasteiger partial charge in [-0.25, -0.2) is 4.98 Å². The number of fused-ring (bicyclic) bond motifs is 1. The first kappa shape index (κ1) is 14.8. The zero-order valence-corrected chi connectivity index (χ0v) is 13.9. The molecule has 0 unspecified atom stereocenters. The molecule has 0 spiro atoms. The van der Waals surface area contributed by atoms with E-state index in [4.69, 9.17) is 0 Å². The molecule has 2 aliphatic rings. The average Bonchev–Trinajstić information content (AvgIpc) is 3.21. The highest BCUT2D eigenvalue weighted by Gasteiger charge is 2.32. The van der Waals surface area contributed by atoms with E-state index in [1.54, 1.807) is 11.3 Å². The molecule has 1 aromatic heterocycles. The van der Waals surface area contributed by atoms with Crippen molar-refractivity contribution in [1.82, 2.24) is 15.2 Å². The summed E-state index contributed by atoms with van der Waals surface area (Å²) in [6.45, 7) is 3.95. The molecule has 1 amide bonds. The van der Waals surface area contributed by atoms with Crippen LogP contribution in [0.3, 0.4) is 0 Å². The second-order valence-corrected chi connectivity index (χ2v) is 7.31. The van der Waals surface area contributed by atoms with Gasteiger partial charge < -0.3 is 10.2 Å². The molecule has 2 aromatic rings.